The summed E-state index contributed by atoms with van der Waals surface area (Å²) < 4.78 is 0. The lowest BCUT2D eigenvalue weighted by Crippen LogP contribution is -2.23. The highest BCUT2D eigenvalue weighted by molar-refractivity contribution is 6.29. The van der Waals surface area contributed by atoms with Gasteiger partial charge in [0.15, 0.2) is 5.15 Å². The molecule has 2 rings (SSSR count). The third-order valence-corrected chi connectivity index (χ3v) is 2.98. The van der Waals surface area contributed by atoms with Gasteiger partial charge in [-0.2, -0.15) is 5.10 Å². The standard InChI is InChI=1S/C10H15ClN4.ClH/c11-10-2-1-9(13-14-10)7-15-4-3-8(5-12)6-15;/h1-2,8H,3-7,12H2;1H. The zero-order chi connectivity index (χ0) is 10.7. The molecule has 1 unspecified atom stereocenters. The number of hydrogen-bond donors (Lipinski definition) is 1. The van der Waals surface area contributed by atoms with Crippen LogP contribution < -0.4 is 5.73 Å². The topological polar surface area (TPSA) is 55.0 Å². The second-order valence-corrected chi connectivity index (χ2v) is 4.36. The first-order valence-corrected chi connectivity index (χ1v) is 5.56. The van der Waals surface area contributed by atoms with Crippen LogP contribution in [0.15, 0.2) is 12.1 Å². The van der Waals surface area contributed by atoms with Gasteiger partial charge >= 0.3 is 0 Å². The van der Waals surface area contributed by atoms with Crippen LogP contribution in [-0.2, 0) is 6.54 Å². The highest BCUT2D eigenvalue weighted by Gasteiger charge is 2.21. The average molecular weight is 263 g/mol. The molecule has 0 aromatic carbocycles. The van der Waals surface area contributed by atoms with E-state index in [1.54, 1.807) is 6.07 Å². The Morgan fingerprint density at radius 3 is 2.81 bits per heavy atom. The Kier molecular flexibility index (Phi) is 5.41. The molecule has 0 aliphatic carbocycles. The normalized spacial score (nSPS) is 20.8. The minimum Gasteiger partial charge on any atom is -0.330 e. The molecular weight excluding hydrogens is 247 g/mol. The summed E-state index contributed by atoms with van der Waals surface area (Å²) in [4.78, 5) is 2.36. The van der Waals surface area contributed by atoms with Crippen molar-refractivity contribution in [2.45, 2.75) is 13.0 Å². The fourth-order valence-electron chi connectivity index (χ4n) is 1.91. The Hall–Kier alpha value is -0.420. The zero-order valence-electron chi connectivity index (χ0n) is 8.97. The molecule has 6 heteroatoms. The van der Waals surface area contributed by atoms with Gasteiger partial charge in [-0.25, -0.2) is 0 Å². The molecule has 1 saturated heterocycles. The third kappa shape index (κ3) is 3.56. The first-order valence-electron chi connectivity index (χ1n) is 5.18. The van der Waals surface area contributed by atoms with E-state index in [1.807, 2.05) is 6.07 Å². The van der Waals surface area contributed by atoms with Gasteiger partial charge in [0, 0.05) is 13.1 Å². The Morgan fingerprint density at radius 2 is 2.25 bits per heavy atom. The van der Waals surface area contributed by atoms with E-state index in [9.17, 15) is 0 Å². The van der Waals surface area contributed by atoms with Crippen LogP contribution in [0.1, 0.15) is 12.1 Å². The van der Waals surface area contributed by atoms with Crippen molar-refractivity contribution in [1.82, 2.24) is 15.1 Å². The van der Waals surface area contributed by atoms with Gasteiger partial charge in [0.25, 0.3) is 0 Å². The number of rotatable bonds is 3. The number of hydrogen-bond acceptors (Lipinski definition) is 4. The summed E-state index contributed by atoms with van der Waals surface area (Å²) in [6, 6.07) is 3.70. The van der Waals surface area contributed by atoms with Crippen LogP contribution in [-0.4, -0.2) is 34.7 Å². The Morgan fingerprint density at radius 1 is 1.44 bits per heavy atom. The Balaban J connectivity index is 0.00000128. The predicted molar refractivity (Wildman–Crippen MR) is 66.7 cm³/mol. The van der Waals surface area contributed by atoms with Gasteiger partial charge in [-0.05, 0) is 37.6 Å². The minimum absolute atomic E-state index is 0. The van der Waals surface area contributed by atoms with Crippen molar-refractivity contribution in [3.05, 3.63) is 23.0 Å². The summed E-state index contributed by atoms with van der Waals surface area (Å²) >= 11 is 5.67. The number of halogens is 2. The molecule has 1 aromatic rings. The number of aromatic nitrogens is 2. The number of nitrogens with two attached hydrogens (primary N) is 1. The van der Waals surface area contributed by atoms with E-state index in [4.69, 9.17) is 17.3 Å². The fraction of sp³-hybridized carbons (Fsp3) is 0.600. The number of likely N-dealkylation sites (tertiary alicyclic amines) is 1. The van der Waals surface area contributed by atoms with Crippen molar-refractivity contribution in [3.63, 3.8) is 0 Å². The van der Waals surface area contributed by atoms with E-state index < -0.39 is 0 Å². The number of nitrogens with zero attached hydrogens (tertiary/aromatic N) is 3. The maximum absolute atomic E-state index is 5.67. The molecule has 0 saturated carbocycles. The third-order valence-electron chi connectivity index (χ3n) is 2.78. The van der Waals surface area contributed by atoms with Crippen molar-refractivity contribution in [1.29, 1.82) is 0 Å². The van der Waals surface area contributed by atoms with Crippen LogP contribution in [0.5, 0.6) is 0 Å². The molecule has 1 aromatic heterocycles. The Labute approximate surface area is 107 Å². The maximum atomic E-state index is 5.67. The van der Waals surface area contributed by atoms with Crippen LogP contribution in [0.25, 0.3) is 0 Å². The molecule has 0 amide bonds. The first-order chi connectivity index (χ1) is 7.28. The summed E-state index contributed by atoms with van der Waals surface area (Å²) in [6.07, 6.45) is 1.19. The monoisotopic (exact) mass is 262 g/mol. The van der Waals surface area contributed by atoms with Gasteiger partial charge in [0.2, 0.25) is 0 Å². The van der Waals surface area contributed by atoms with Gasteiger partial charge in [0.1, 0.15) is 0 Å². The van der Waals surface area contributed by atoms with Crippen LogP contribution in [0, 0.1) is 5.92 Å². The van der Waals surface area contributed by atoms with Crippen molar-refractivity contribution >= 4 is 24.0 Å². The van der Waals surface area contributed by atoms with E-state index >= 15 is 0 Å². The highest BCUT2D eigenvalue weighted by Crippen LogP contribution is 2.16. The van der Waals surface area contributed by atoms with Gasteiger partial charge in [-0.15, -0.1) is 17.5 Å². The van der Waals surface area contributed by atoms with E-state index in [2.05, 4.69) is 15.1 Å². The average Bonchev–Trinajstić information content (AvgIpc) is 2.69. The second-order valence-electron chi connectivity index (χ2n) is 3.97. The van der Waals surface area contributed by atoms with Crippen molar-refractivity contribution in [2.24, 2.45) is 11.7 Å². The lowest BCUT2D eigenvalue weighted by atomic mass is 10.1. The molecule has 1 fully saturated rings. The summed E-state index contributed by atoms with van der Waals surface area (Å²) in [7, 11) is 0. The predicted octanol–water partition coefficient (Wildman–Crippen LogP) is 1.33. The van der Waals surface area contributed by atoms with Crippen LogP contribution >= 0.6 is 24.0 Å². The zero-order valence-corrected chi connectivity index (χ0v) is 10.5. The van der Waals surface area contributed by atoms with Crippen molar-refractivity contribution in [3.8, 4) is 0 Å². The first kappa shape index (κ1) is 13.6. The van der Waals surface area contributed by atoms with E-state index in [0.29, 0.717) is 11.1 Å². The van der Waals surface area contributed by atoms with E-state index in [-0.39, 0.29) is 12.4 Å². The summed E-state index contributed by atoms with van der Waals surface area (Å²) in [5.41, 5.74) is 6.61. The Bertz CT molecular complexity index is 317. The SMILES string of the molecule is Cl.NCC1CCN(Cc2ccc(Cl)nn2)C1. The summed E-state index contributed by atoms with van der Waals surface area (Å²) in [6.45, 7) is 3.80. The molecule has 4 nitrogen and oxygen atoms in total. The molecule has 0 bridgehead atoms. The van der Waals surface area contributed by atoms with Gasteiger partial charge in [-0.1, -0.05) is 11.6 Å². The van der Waals surface area contributed by atoms with E-state index in [0.717, 1.165) is 31.9 Å². The minimum atomic E-state index is 0. The molecule has 90 valence electrons. The molecule has 1 aliphatic rings. The largest absolute Gasteiger partial charge is 0.330 e. The fourth-order valence-corrected chi connectivity index (χ4v) is 2.01. The molecule has 0 radical (unpaired) electrons. The summed E-state index contributed by atoms with van der Waals surface area (Å²) in [5.74, 6) is 0.644. The van der Waals surface area contributed by atoms with Crippen molar-refractivity contribution < 1.29 is 0 Å². The van der Waals surface area contributed by atoms with Crippen molar-refractivity contribution in [2.75, 3.05) is 19.6 Å². The smallest absolute Gasteiger partial charge is 0.151 e. The molecule has 1 aliphatic heterocycles. The summed E-state index contributed by atoms with van der Waals surface area (Å²) in [5, 5.41) is 8.31. The molecule has 2 heterocycles. The molecule has 1 atom stereocenters. The van der Waals surface area contributed by atoms with Crippen LogP contribution in [0.4, 0.5) is 0 Å². The lowest BCUT2D eigenvalue weighted by molar-refractivity contribution is 0.313. The van der Waals surface area contributed by atoms with Gasteiger partial charge in [0.05, 0.1) is 5.69 Å². The molecule has 0 spiro atoms. The lowest BCUT2D eigenvalue weighted by Gasteiger charge is -2.14. The van der Waals surface area contributed by atoms with Gasteiger partial charge in [-0.3, -0.25) is 4.90 Å². The second kappa shape index (κ2) is 6.35. The quantitative estimate of drug-likeness (QED) is 0.894. The highest BCUT2D eigenvalue weighted by atomic mass is 35.5. The van der Waals surface area contributed by atoms with Gasteiger partial charge < -0.3 is 5.73 Å². The molecule has 2 N–H and O–H groups in total. The van der Waals surface area contributed by atoms with Crippen LogP contribution in [0.2, 0.25) is 5.15 Å². The maximum Gasteiger partial charge on any atom is 0.151 e. The molecule has 16 heavy (non-hydrogen) atoms. The van der Waals surface area contributed by atoms with E-state index in [1.165, 1.54) is 6.42 Å². The molecular formula is C10H16Cl2N4. The van der Waals surface area contributed by atoms with Crippen LogP contribution in [0.3, 0.4) is 0 Å².